The quantitative estimate of drug-likeness (QED) is 0.131. The number of rotatable bonds is 13. The maximum atomic E-state index is 13.5. The number of para-hydroxylation sites is 3. The van der Waals surface area contributed by atoms with Crippen molar-refractivity contribution in [2.24, 2.45) is 0 Å². The highest BCUT2D eigenvalue weighted by Gasteiger charge is 2.21. The normalized spacial score (nSPS) is 11.6. The van der Waals surface area contributed by atoms with Gasteiger partial charge in [0.2, 0.25) is 0 Å². The standard InChI is InChI=1S/C38H33N3O5/c1-41(38-40-33-13-7-8-14-35(33)46-38)23-24-45-30-21-15-26(16-22-30)25-34(37(43)44)39-32-12-6-5-11-31(32)36(42)29-19-17-28(18-20-29)27-9-3-2-4-10-27/h2-22,34,39H,23-25H2,1H3,(H,43,44). The number of hydrogen-bond donors (Lipinski definition) is 2. The van der Waals surface area contributed by atoms with E-state index in [2.05, 4.69) is 10.3 Å². The van der Waals surface area contributed by atoms with Gasteiger partial charge in [-0.05, 0) is 53.1 Å². The molecule has 0 aliphatic rings. The summed E-state index contributed by atoms with van der Waals surface area (Å²) in [5, 5.41) is 13.2. The number of aliphatic carboxylic acids is 1. The fourth-order valence-corrected chi connectivity index (χ4v) is 5.17. The molecule has 0 bridgehead atoms. The van der Waals surface area contributed by atoms with Crippen LogP contribution in [0.1, 0.15) is 21.5 Å². The highest BCUT2D eigenvalue weighted by Crippen LogP contribution is 2.25. The molecule has 0 saturated carbocycles. The number of ether oxygens (including phenoxy) is 1. The van der Waals surface area contributed by atoms with Crippen LogP contribution in [0.25, 0.3) is 22.2 Å². The van der Waals surface area contributed by atoms with Crippen LogP contribution in [0.4, 0.5) is 11.7 Å². The molecular weight excluding hydrogens is 578 g/mol. The van der Waals surface area contributed by atoms with Crippen LogP contribution in [-0.2, 0) is 11.2 Å². The molecule has 1 heterocycles. The number of anilines is 2. The van der Waals surface area contributed by atoms with Crippen molar-refractivity contribution >= 4 is 34.6 Å². The molecule has 1 unspecified atom stereocenters. The van der Waals surface area contributed by atoms with E-state index in [9.17, 15) is 14.7 Å². The second kappa shape index (κ2) is 13.8. The van der Waals surface area contributed by atoms with Gasteiger partial charge >= 0.3 is 5.97 Å². The molecule has 2 N–H and O–H groups in total. The summed E-state index contributed by atoms with van der Waals surface area (Å²) in [6.07, 6.45) is 0.213. The van der Waals surface area contributed by atoms with Gasteiger partial charge in [-0.1, -0.05) is 91.0 Å². The molecule has 8 nitrogen and oxygen atoms in total. The second-order valence-electron chi connectivity index (χ2n) is 10.9. The van der Waals surface area contributed by atoms with Gasteiger partial charge in [-0.2, -0.15) is 4.98 Å². The Morgan fingerprint density at radius 1 is 0.826 bits per heavy atom. The fraction of sp³-hybridized carbons (Fsp3) is 0.132. The number of aromatic nitrogens is 1. The monoisotopic (exact) mass is 611 g/mol. The van der Waals surface area contributed by atoms with Crippen molar-refractivity contribution in [3.8, 4) is 16.9 Å². The lowest BCUT2D eigenvalue weighted by molar-refractivity contribution is -0.137. The number of carbonyl (C=O) groups excluding carboxylic acids is 1. The lowest BCUT2D eigenvalue weighted by Gasteiger charge is -2.19. The lowest BCUT2D eigenvalue weighted by Crippen LogP contribution is -2.32. The van der Waals surface area contributed by atoms with Gasteiger partial charge < -0.3 is 24.5 Å². The van der Waals surface area contributed by atoms with Gasteiger partial charge in [0.1, 0.15) is 23.9 Å². The highest BCUT2D eigenvalue weighted by atomic mass is 16.5. The van der Waals surface area contributed by atoms with Gasteiger partial charge in [0.15, 0.2) is 11.4 Å². The first-order chi connectivity index (χ1) is 22.4. The Bertz CT molecular complexity index is 1900. The SMILES string of the molecule is CN(CCOc1ccc(CC(Nc2ccccc2C(=O)c2ccc(-c3ccccc3)cc2)C(=O)O)cc1)c1nc2ccccc2o1. The number of ketones is 1. The number of oxazole rings is 1. The molecule has 0 saturated heterocycles. The van der Waals surface area contributed by atoms with E-state index in [1.807, 2.05) is 103 Å². The van der Waals surface area contributed by atoms with E-state index < -0.39 is 12.0 Å². The summed E-state index contributed by atoms with van der Waals surface area (Å²) in [4.78, 5) is 32.2. The summed E-state index contributed by atoms with van der Waals surface area (Å²) in [5.41, 5.74) is 5.84. The molecule has 1 atom stereocenters. The van der Waals surface area contributed by atoms with E-state index in [0.29, 0.717) is 41.7 Å². The van der Waals surface area contributed by atoms with Gasteiger partial charge in [0, 0.05) is 30.3 Å². The first-order valence-electron chi connectivity index (χ1n) is 15.0. The first-order valence-corrected chi connectivity index (χ1v) is 15.0. The molecule has 0 aliphatic heterocycles. The molecule has 6 rings (SSSR count). The van der Waals surface area contributed by atoms with Gasteiger partial charge in [0.05, 0.1) is 6.54 Å². The Labute approximate surface area is 266 Å². The zero-order valence-electron chi connectivity index (χ0n) is 25.3. The molecule has 0 fully saturated rings. The number of hydrogen-bond acceptors (Lipinski definition) is 7. The lowest BCUT2D eigenvalue weighted by atomic mass is 9.98. The number of carbonyl (C=O) groups is 2. The van der Waals surface area contributed by atoms with Crippen LogP contribution in [-0.4, -0.2) is 48.1 Å². The number of benzene rings is 5. The smallest absolute Gasteiger partial charge is 0.326 e. The fourth-order valence-electron chi connectivity index (χ4n) is 5.17. The third-order valence-corrected chi connectivity index (χ3v) is 7.72. The number of fused-ring (bicyclic) bond motifs is 1. The van der Waals surface area contributed by atoms with Crippen molar-refractivity contribution in [2.45, 2.75) is 12.5 Å². The number of carboxylic acids is 1. The summed E-state index contributed by atoms with van der Waals surface area (Å²) in [7, 11) is 1.89. The molecule has 8 heteroatoms. The van der Waals surface area contributed by atoms with Crippen LogP contribution in [0, 0.1) is 0 Å². The maximum Gasteiger partial charge on any atom is 0.326 e. The highest BCUT2D eigenvalue weighted by molar-refractivity contribution is 6.12. The van der Waals surface area contributed by atoms with E-state index >= 15 is 0 Å². The van der Waals surface area contributed by atoms with Crippen molar-refractivity contribution in [3.63, 3.8) is 0 Å². The Kier molecular flexibility index (Phi) is 9.06. The van der Waals surface area contributed by atoms with Gasteiger partial charge in [0.25, 0.3) is 6.01 Å². The minimum Gasteiger partial charge on any atom is -0.492 e. The first kappa shape index (κ1) is 30.1. The van der Waals surface area contributed by atoms with Crippen LogP contribution in [0.5, 0.6) is 5.75 Å². The predicted molar refractivity (Wildman–Crippen MR) is 180 cm³/mol. The van der Waals surface area contributed by atoms with Crippen LogP contribution in [0.3, 0.4) is 0 Å². The Hall–Kier alpha value is -5.89. The van der Waals surface area contributed by atoms with Gasteiger partial charge in [-0.3, -0.25) is 4.79 Å². The van der Waals surface area contributed by atoms with E-state index in [4.69, 9.17) is 9.15 Å². The van der Waals surface area contributed by atoms with Crippen LogP contribution in [0.15, 0.2) is 132 Å². The van der Waals surface area contributed by atoms with Crippen molar-refractivity contribution < 1.29 is 23.8 Å². The number of nitrogens with zero attached hydrogens (tertiary/aromatic N) is 2. The summed E-state index contributed by atoms with van der Waals surface area (Å²) in [6, 6.07) is 38.9. The number of nitrogens with one attached hydrogen (secondary N) is 1. The Morgan fingerprint density at radius 3 is 2.24 bits per heavy atom. The molecule has 0 spiro atoms. The minimum absolute atomic E-state index is 0.185. The molecular formula is C38H33N3O5. The third-order valence-electron chi connectivity index (χ3n) is 7.72. The van der Waals surface area contributed by atoms with Crippen molar-refractivity contribution in [2.75, 3.05) is 30.4 Å². The van der Waals surface area contributed by atoms with Crippen LogP contribution >= 0.6 is 0 Å². The van der Waals surface area contributed by atoms with E-state index in [1.165, 1.54) is 0 Å². The second-order valence-corrected chi connectivity index (χ2v) is 10.9. The van der Waals surface area contributed by atoms with E-state index in [0.717, 1.165) is 27.8 Å². The summed E-state index contributed by atoms with van der Waals surface area (Å²) in [5.74, 6) is -0.532. The van der Waals surface area contributed by atoms with Crippen molar-refractivity contribution in [1.82, 2.24) is 4.98 Å². The largest absolute Gasteiger partial charge is 0.492 e. The summed E-state index contributed by atoms with van der Waals surface area (Å²) >= 11 is 0. The van der Waals surface area contributed by atoms with Crippen molar-refractivity contribution in [1.29, 1.82) is 0 Å². The van der Waals surface area contributed by atoms with Crippen molar-refractivity contribution in [3.05, 3.63) is 144 Å². The van der Waals surface area contributed by atoms with E-state index in [-0.39, 0.29) is 12.2 Å². The predicted octanol–water partition coefficient (Wildman–Crippen LogP) is 7.35. The van der Waals surface area contributed by atoms with Gasteiger partial charge in [-0.25, -0.2) is 4.79 Å². The van der Waals surface area contributed by atoms with Crippen LogP contribution < -0.4 is 15.0 Å². The van der Waals surface area contributed by atoms with E-state index in [1.54, 1.807) is 36.4 Å². The molecule has 46 heavy (non-hydrogen) atoms. The summed E-state index contributed by atoms with van der Waals surface area (Å²) in [6.45, 7) is 0.975. The van der Waals surface area contributed by atoms with Gasteiger partial charge in [-0.15, -0.1) is 0 Å². The number of likely N-dealkylation sites (N-methyl/N-ethyl adjacent to an activating group) is 1. The third kappa shape index (κ3) is 7.08. The zero-order valence-corrected chi connectivity index (χ0v) is 25.3. The molecule has 0 aliphatic carbocycles. The average Bonchev–Trinajstić information content (AvgIpc) is 3.54. The number of carboxylic acid groups (broad SMARTS) is 1. The summed E-state index contributed by atoms with van der Waals surface area (Å²) < 4.78 is 11.7. The molecule has 6 aromatic rings. The molecule has 5 aromatic carbocycles. The maximum absolute atomic E-state index is 13.5. The Balaban J connectivity index is 1.07. The average molecular weight is 612 g/mol. The molecule has 1 aromatic heterocycles. The van der Waals surface area contributed by atoms with Crippen LogP contribution in [0.2, 0.25) is 0 Å². The molecule has 0 radical (unpaired) electrons. The zero-order chi connectivity index (χ0) is 31.9. The molecule has 230 valence electrons. The molecule has 0 amide bonds. The topological polar surface area (TPSA) is 105 Å². The minimum atomic E-state index is -1.02. The Morgan fingerprint density at radius 2 is 1.50 bits per heavy atom.